The number of piperidine rings is 1. The molecule has 0 radical (unpaired) electrons. The molecule has 1 unspecified atom stereocenters. The van der Waals surface area contributed by atoms with Gasteiger partial charge in [-0.3, -0.25) is 19.8 Å². The van der Waals surface area contributed by atoms with Crippen LogP contribution in [0.1, 0.15) is 71.4 Å². The summed E-state index contributed by atoms with van der Waals surface area (Å²) in [6.07, 6.45) is 1.87. The van der Waals surface area contributed by atoms with E-state index in [1.807, 2.05) is 58.0 Å². The van der Waals surface area contributed by atoms with Crippen molar-refractivity contribution in [2.45, 2.75) is 71.4 Å². The molecule has 11 heteroatoms. The Hall–Kier alpha value is -4.15. The van der Waals surface area contributed by atoms with Crippen LogP contribution in [0.5, 0.6) is 5.75 Å². The van der Waals surface area contributed by atoms with E-state index in [4.69, 9.17) is 14.2 Å². The molecule has 2 aromatic rings. The molecule has 1 fully saturated rings. The largest absolute Gasteiger partial charge is 0.466 e. The summed E-state index contributed by atoms with van der Waals surface area (Å²) in [5, 5.41) is 11.1. The van der Waals surface area contributed by atoms with Gasteiger partial charge in [-0.1, -0.05) is 43.7 Å². The van der Waals surface area contributed by atoms with Crippen molar-refractivity contribution in [1.82, 2.24) is 9.80 Å². The highest BCUT2D eigenvalue weighted by molar-refractivity contribution is 5.75. The number of unbranched alkanes of at least 4 members (excludes halogenated alkanes) is 1. The lowest BCUT2D eigenvalue weighted by Crippen LogP contribution is -2.48. The first-order valence-electron chi connectivity index (χ1n) is 14.4. The molecule has 0 N–H and O–H groups in total. The molecule has 2 aromatic carbocycles. The van der Waals surface area contributed by atoms with Crippen LogP contribution >= 0.6 is 0 Å². The number of likely N-dealkylation sites (tertiary alicyclic amines) is 1. The molecule has 2 atom stereocenters. The maximum absolute atomic E-state index is 13.8. The van der Waals surface area contributed by atoms with E-state index in [9.17, 15) is 24.5 Å². The van der Waals surface area contributed by atoms with E-state index < -0.39 is 34.7 Å². The minimum Gasteiger partial charge on any atom is -0.466 e. The predicted octanol–water partition coefficient (Wildman–Crippen LogP) is 6.52. The summed E-state index contributed by atoms with van der Waals surface area (Å²) >= 11 is 0. The fourth-order valence-electron chi connectivity index (χ4n) is 4.74. The third-order valence-corrected chi connectivity index (χ3v) is 6.79. The average Bonchev–Trinajstić information content (AvgIpc) is 2.95. The summed E-state index contributed by atoms with van der Waals surface area (Å²) in [4.78, 5) is 53.2. The number of non-ortho nitro benzene ring substituents is 1. The number of esters is 1. The monoisotopic (exact) mass is 583 g/mol. The van der Waals surface area contributed by atoms with Gasteiger partial charge in [0.1, 0.15) is 11.4 Å². The normalized spacial score (nSPS) is 15.8. The number of hydrogen-bond donors (Lipinski definition) is 0. The van der Waals surface area contributed by atoms with Gasteiger partial charge in [-0.2, -0.15) is 0 Å². The standard InChI is InChI=1S/C31H41N3O8/c1-5-6-19-40-28(35)20-27(24-12-8-7-9-13-24)33(30(37)41-26-16-14-25(15-17-26)34(38)39)22-23-11-10-18-32(21-23)29(36)42-31(2,3)4/h7-9,12-17,23,27H,5-6,10-11,18-22H2,1-4H3/t23-,27?/m0/s1. The Balaban J connectivity index is 1.89. The second-order valence-electron chi connectivity index (χ2n) is 11.4. The molecule has 1 heterocycles. The fraction of sp³-hybridized carbons (Fsp3) is 0.516. The van der Waals surface area contributed by atoms with E-state index in [1.165, 1.54) is 29.2 Å². The zero-order valence-electron chi connectivity index (χ0n) is 24.8. The minimum atomic E-state index is -0.714. The van der Waals surface area contributed by atoms with Crippen LogP contribution < -0.4 is 4.74 Å². The van der Waals surface area contributed by atoms with Gasteiger partial charge in [-0.05, 0) is 63.6 Å². The van der Waals surface area contributed by atoms with Crippen LogP contribution in [-0.2, 0) is 14.3 Å². The van der Waals surface area contributed by atoms with Gasteiger partial charge in [0.2, 0.25) is 0 Å². The molecule has 0 bridgehead atoms. The van der Waals surface area contributed by atoms with Crippen molar-refractivity contribution in [2.75, 3.05) is 26.2 Å². The number of carbonyl (C=O) groups is 3. The Morgan fingerprint density at radius 1 is 1.10 bits per heavy atom. The molecule has 1 saturated heterocycles. The first-order chi connectivity index (χ1) is 20.0. The van der Waals surface area contributed by atoms with E-state index in [0.717, 1.165) is 31.2 Å². The lowest BCUT2D eigenvalue weighted by molar-refractivity contribution is -0.384. The average molecular weight is 584 g/mol. The van der Waals surface area contributed by atoms with Crippen molar-refractivity contribution < 1.29 is 33.5 Å². The quantitative estimate of drug-likeness (QED) is 0.127. The van der Waals surface area contributed by atoms with Gasteiger partial charge in [0.25, 0.3) is 5.69 Å². The number of nitrogens with zero attached hydrogens (tertiary/aromatic N) is 3. The molecule has 2 amide bonds. The third-order valence-electron chi connectivity index (χ3n) is 6.79. The number of amides is 2. The molecule has 42 heavy (non-hydrogen) atoms. The zero-order valence-corrected chi connectivity index (χ0v) is 24.8. The van der Waals surface area contributed by atoms with Gasteiger partial charge in [-0.15, -0.1) is 0 Å². The first kappa shape index (κ1) is 32.4. The van der Waals surface area contributed by atoms with E-state index in [2.05, 4.69) is 0 Å². The summed E-state index contributed by atoms with van der Waals surface area (Å²) < 4.78 is 16.7. The molecule has 1 aliphatic rings. The zero-order chi connectivity index (χ0) is 30.7. The minimum absolute atomic E-state index is 0.0917. The summed E-state index contributed by atoms with van der Waals surface area (Å²) in [7, 11) is 0. The second-order valence-corrected chi connectivity index (χ2v) is 11.4. The molecule has 3 rings (SSSR count). The molecular weight excluding hydrogens is 542 g/mol. The topological polar surface area (TPSA) is 129 Å². The Morgan fingerprint density at radius 3 is 2.40 bits per heavy atom. The summed E-state index contributed by atoms with van der Waals surface area (Å²) in [5.41, 5.74) is -0.0419. The third kappa shape index (κ3) is 10.0. The predicted molar refractivity (Wildman–Crippen MR) is 156 cm³/mol. The second kappa shape index (κ2) is 15.2. The van der Waals surface area contributed by atoms with Crippen molar-refractivity contribution >= 4 is 23.8 Å². The lowest BCUT2D eigenvalue weighted by atomic mass is 9.95. The molecule has 0 saturated carbocycles. The summed E-state index contributed by atoms with van der Waals surface area (Å²) in [6, 6.07) is 13.7. The molecule has 0 aliphatic carbocycles. The van der Waals surface area contributed by atoms with Crippen LogP contribution in [0.2, 0.25) is 0 Å². The van der Waals surface area contributed by atoms with Crippen LogP contribution in [0.4, 0.5) is 15.3 Å². The van der Waals surface area contributed by atoms with E-state index in [-0.39, 0.29) is 36.9 Å². The van der Waals surface area contributed by atoms with Crippen LogP contribution in [-0.4, -0.2) is 64.7 Å². The number of nitro benzene ring substituents is 1. The highest BCUT2D eigenvalue weighted by Crippen LogP contribution is 2.30. The molecule has 1 aliphatic heterocycles. The van der Waals surface area contributed by atoms with Crippen molar-refractivity contribution in [3.05, 3.63) is 70.3 Å². The van der Waals surface area contributed by atoms with Crippen LogP contribution in [0, 0.1) is 16.0 Å². The van der Waals surface area contributed by atoms with Crippen molar-refractivity contribution in [1.29, 1.82) is 0 Å². The van der Waals surface area contributed by atoms with Crippen LogP contribution in [0.3, 0.4) is 0 Å². The Labute approximate surface area is 246 Å². The van der Waals surface area contributed by atoms with Crippen LogP contribution in [0.15, 0.2) is 54.6 Å². The SMILES string of the molecule is CCCCOC(=O)CC(c1ccccc1)N(C[C@H]1CCCN(C(=O)OC(C)(C)C)C1)C(=O)Oc1ccc([N+](=O)[O-])cc1. The lowest BCUT2D eigenvalue weighted by Gasteiger charge is -2.38. The van der Waals surface area contributed by atoms with Gasteiger partial charge >= 0.3 is 18.2 Å². The number of carbonyl (C=O) groups excluding carboxylic acids is 3. The molecule has 0 aromatic heterocycles. The highest BCUT2D eigenvalue weighted by atomic mass is 16.6. The first-order valence-corrected chi connectivity index (χ1v) is 14.4. The van der Waals surface area contributed by atoms with Crippen molar-refractivity contribution in [2.24, 2.45) is 5.92 Å². The van der Waals surface area contributed by atoms with Crippen LogP contribution in [0.25, 0.3) is 0 Å². The molecule has 0 spiro atoms. The Kier molecular flexibility index (Phi) is 11.7. The Morgan fingerprint density at radius 2 is 1.79 bits per heavy atom. The van der Waals surface area contributed by atoms with Crippen molar-refractivity contribution in [3.63, 3.8) is 0 Å². The Bertz CT molecular complexity index is 1200. The van der Waals surface area contributed by atoms with E-state index in [0.29, 0.717) is 13.1 Å². The number of nitro groups is 1. The summed E-state index contributed by atoms with van der Waals surface area (Å²) in [6.45, 7) is 8.85. The van der Waals surface area contributed by atoms with E-state index in [1.54, 1.807) is 4.90 Å². The highest BCUT2D eigenvalue weighted by Gasteiger charge is 2.35. The maximum atomic E-state index is 13.8. The van der Waals surface area contributed by atoms with Gasteiger partial charge in [0.05, 0.1) is 24.0 Å². The number of benzene rings is 2. The van der Waals surface area contributed by atoms with Gasteiger partial charge < -0.3 is 19.1 Å². The molecular formula is C31H41N3O8. The molecule has 11 nitrogen and oxygen atoms in total. The van der Waals surface area contributed by atoms with Gasteiger partial charge in [-0.25, -0.2) is 9.59 Å². The van der Waals surface area contributed by atoms with Gasteiger partial charge in [0.15, 0.2) is 0 Å². The number of ether oxygens (including phenoxy) is 3. The fourth-order valence-corrected chi connectivity index (χ4v) is 4.74. The van der Waals surface area contributed by atoms with Crippen molar-refractivity contribution in [3.8, 4) is 5.75 Å². The smallest absolute Gasteiger partial charge is 0.415 e. The number of rotatable bonds is 11. The number of hydrogen-bond acceptors (Lipinski definition) is 8. The summed E-state index contributed by atoms with van der Waals surface area (Å²) in [5.74, 6) is -0.422. The van der Waals surface area contributed by atoms with Gasteiger partial charge in [0, 0.05) is 31.8 Å². The molecule has 228 valence electrons. The maximum Gasteiger partial charge on any atom is 0.415 e. The van der Waals surface area contributed by atoms with E-state index >= 15 is 0 Å².